The first-order valence-electron chi connectivity index (χ1n) is 8.21. The van der Waals surface area contributed by atoms with Gasteiger partial charge in [0.25, 0.3) is 0 Å². The summed E-state index contributed by atoms with van der Waals surface area (Å²) in [5.74, 6) is -5.22. The zero-order valence-corrected chi connectivity index (χ0v) is 15.1. The first-order chi connectivity index (χ1) is 13.2. The first kappa shape index (κ1) is 20.9. The van der Waals surface area contributed by atoms with E-state index in [4.69, 9.17) is 0 Å². The van der Waals surface area contributed by atoms with E-state index >= 15 is 0 Å². The predicted molar refractivity (Wildman–Crippen MR) is 95.2 cm³/mol. The molecule has 146 valence electrons. The smallest absolute Gasteiger partial charge is 0.346 e. The Labute approximate surface area is 160 Å². The third-order valence-corrected chi connectivity index (χ3v) is 3.90. The molecule has 0 aliphatic rings. The molecule has 0 radical (unpaired) electrons. The molecule has 28 heavy (non-hydrogen) atoms. The molecule has 0 bridgehead atoms. The van der Waals surface area contributed by atoms with Gasteiger partial charge in [-0.25, -0.2) is 19.2 Å². The minimum absolute atomic E-state index is 0.0786. The zero-order chi connectivity index (χ0) is 20.8. The lowest BCUT2D eigenvalue weighted by Gasteiger charge is -2.15. The highest BCUT2D eigenvalue weighted by molar-refractivity contribution is 6.02. The summed E-state index contributed by atoms with van der Waals surface area (Å²) >= 11 is 0. The monoisotopic (exact) mass is 386 g/mol. The van der Waals surface area contributed by atoms with E-state index in [0.29, 0.717) is 11.1 Å². The molecule has 2 N–H and O–H groups in total. The van der Waals surface area contributed by atoms with Crippen LogP contribution < -0.4 is 0 Å². The minimum atomic E-state index is -2.41. The number of carbonyl (C=O) groups excluding carboxylic acids is 4. The normalized spacial score (nSPS) is 12.6. The highest BCUT2D eigenvalue weighted by Crippen LogP contribution is 2.12. The summed E-state index contributed by atoms with van der Waals surface area (Å²) in [5, 5.41) is 19.5. The molecule has 0 saturated heterocycles. The van der Waals surface area contributed by atoms with Crippen molar-refractivity contribution in [2.75, 3.05) is 0 Å². The molecule has 0 aliphatic heterocycles. The van der Waals surface area contributed by atoms with Gasteiger partial charge in [0.1, 0.15) is 0 Å². The van der Waals surface area contributed by atoms with Gasteiger partial charge in [0.15, 0.2) is 12.2 Å². The molecular formula is C20H18O8. The summed E-state index contributed by atoms with van der Waals surface area (Å²) in [6.45, 7) is 3.22. The van der Waals surface area contributed by atoms with Gasteiger partial charge in [-0.2, -0.15) is 0 Å². The van der Waals surface area contributed by atoms with E-state index in [1.54, 1.807) is 50.2 Å². The summed E-state index contributed by atoms with van der Waals surface area (Å²) in [4.78, 5) is 47.6. The van der Waals surface area contributed by atoms with Gasteiger partial charge in [-0.1, -0.05) is 36.4 Å². The average molecular weight is 386 g/mol. The van der Waals surface area contributed by atoms with Gasteiger partial charge in [0.2, 0.25) is 0 Å². The molecule has 0 unspecified atom stereocenters. The van der Waals surface area contributed by atoms with Crippen LogP contribution in [-0.4, -0.2) is 46.3 Å². The van der Waals surface area contributed by atoms with Crippen molar-refractivity contribution >= 4 is 23.9 Å². The van der Waals surface area contributed by atoms with E-state index in [9.17, 15) is 29.4 Å². The molecule has 2 rings (SSSR count). The van der Waals surface area contributed by atoms with E-state index in [0.717, 1.165) is 0 Å². The Hall–Kier alpha value is -3.36. The van der Waals surface area contributed by atoms with Crippen LogP contribution in [0, 0.1) is 13.8 Å². The fourth-order valence-corrected chi connectivity index (χ4v) is 2.28. The van der Waals surface area contributed by atoms with Crippen LogP contribution in [0.15, 0.2) is 48.5 Å². The summed E-state index contributed by atoms with van der Waals surface area (Å²) < 4.78 is 8.96. The molecule has 2 atom stereocenters. The molecule has 0 amide bonds. The molecule has 0 spiro atoms. The standard InChI is InChI=1S/C20H18O8/c1-11-7-3-5-9-13(11)17(23)27-19(25)15(21)16(22)20(26)28-18(24)14-10-6-4-8-12(14)2/h3-10,15-16,21-22H,1-2H3/t15-,16-/m0/s1. The van der Waals surface area contributed by atoms with E-state index in [2.05, 4.69) is 9.47 Å². The second-order valence-electron chi connectivity index (χ2n) is 5.94. The Morgan fingerprint density at radius 1 is 0.679 bits per heavy atom. The Bertz CT molecular complexity index is 842. The molecule has 8 nitrogen and oxygen atoms in total. The second kappa shape index (κ2) is 9.03. The SMILES string of the molecule is Cc1ccccc1C(=O)OC(=O)[C@@H](O)[C@H](O)C(=O)OC(=O)c1ccccc1C. The summed E-state index contributed by atoms with van der Waals surface area (Å²) in [7, 11) is 0. The van der Waals surface area contributed by atoms with E-state index < -0.39 is 36.1 Å². The summed E-state index contributed by atoms with van der Waals surface area (Å²) in [5.41, 5.74) is 1.21. The van der Waals surface area contributed by atoms with Gasteiger partial charge in [-0.05, 0) is 37.1 Å². The number of rotatable bonds is 5. The van der Waals surface area contributed by atoms with Crippen LogP contribution in [0.2, 0.25) is 0 Å². The molecular weight excluding hydrogens is 368 g/mol. The Morgan fingerprint density at radius 2 is 1.00 bits per heavy atom. The van der Waals surface area contributed by atoms with Crippen LogP contribution in [0.1, 0.15) is 31.8 Å². The maximum atomic E-state index is 12.0. The maximum Gasteiger partial charge on any atom is 0.346 e. The number of benzene rings is 2. The first-order valence-corrected chi connectivity index (χ1v) is 8.21. The number of ether oxygens (including phenoxy) is 2. The van der Waals surface area contributed by atoms with Crippen molar-refractivity contribution in [1.29, 1.82) is 0 Å². The highest BCUT2D eigenvalue weighted by Gasteiger charge is 2.35. The van der Waals surface area contributed by atoms with Crippen LogP contribution in [0.25, 0.3) is 0 Å². The largest absolute Gasteiger partial charge is 0.387 e. The van der Waals surface area contributed by atoms with E-state index in [1.165, 1.54) is 12.1 Å². The summed E-state index contributed by atoms with van der Waals surface area (Å²) in [6, 6.07) is 12.5. The lowest BCUT2D eigenvalue weighted by Crippen LogP contribution is -2.43. The predicted octanol–water partition coefficient (Wildman–Crippen LogP) is 1.09. The van der Waals surface area contributed by atoms with Gasteiger partial charge in [0, 0.05) is 0 Å². The summed E-state index contributed by atoms with van der Waals surface area (Å²) in [6.07, 6.45) is -4.82. The van der Waals surface area contributed by atoms with E-state index in [1.807, 2.05) is 0 Å². The zero-order valence-electron chi connectivity index (χ0n) is 15.1. The molecule has 0 aliphatic carbocycles. The van der Waals surface area contributed by atoms with Gasteiger partial charge >= 0.3 is 23.9 Å². The van der Waals surface area contributed by atoms with Crippen LogP contribution in [-0.2, 0) is 19.1 Å². The van der Waals surface area contributed by atoms with E-state index in [-0.39, 0.29) is 11.1 Å². The van der Waals surface area contributed by atoms with Crippen LogP contribution >= 0.6 is 0 Å². The number of aliphatic hydroxyl groups excluding tert-OH is 2. The van der Waals surface area contributed by atoms with Crippen molar-refractivity contribution in [3.05, 3.63) is 70.8 Å². The molecule has 0 saturated carbocycles. The van der Waals surface area contributed by atoms with Gasteiger partial charge < -0.3 is 19.7 Å². The third-order valence-electron chi connectivity index (χ3n) is 3.90. The number of aryl methyl sites for hydroxylation is 2. The number of hydrogen-bond donors (Lipinski definition) is 2. The van der Waals surface area contributed by atoms with Crippen LogP contribution in [0.5, 0.6) is 0 Å². The molecule has 0 aromatic heterocycles. The molecule has 2 aromatic carbocycles. The Balaban J connectivity index is 1.99. The number of hydrogen-bond acceptors (Lipinski definition) is 8. The van der Waals surface area contributed by atoms with Gasteiger partial charge in [-0.15, -0.1) is 0 Å². The second-order valence-corrected chi connectivity index (χ2v) is 5.94. The fourth-order valence-electron chi connectivity index (χ4n) is 2.28. The lowest BCUT2D eigenvalue weighted by atomic mass is 10.1. The third kappa shape index (κ3) is 4.87. The van der Waals surface area contributed by atoms with Gasteiger partial charge in [-0.3, -0.25) is 0 Å². The molecule has 0 fully saturated rings. The Kier molecular flexibility index (Phi) is 6.75. The Morgan fingerprint density at radius 3 is 1.32 bits per heavy atom. The van der Waals surface area contributed by atoms with Crippen LogP contribution in [0.3, 0.4) is 0 Å². The lowest BCUT2D eigenvalue weighted by molar-refractivity contribution is -0.166. The van der Waals surface area contributed by atoms with Crippen LogP contribution in [0.4, 0.5) is 0 Å². The van der Waals surface area contributed by atoms with Crippen molar-refractivity contribution in [3.8, 4) is 0 Å². The minimum Gasteiger partial charge on any atom is -0.387 e. The van der Waals surface area contributed by atoms with Crippen molar-refractivity contribution in [2.45, 2.75) is 26.1 Å². The number of esters is 4. The average Bonchev–Trinajstić information content (AvgIpc) is 2.67. The molecule has 0 heterocycles. The number of aliphatic hydroxyl groups is 2. The molecule has 8 heteroatoms. The van der Waals surface area contributed by atoms with Crippen molar-refractivity contribution in [2.24, 2.45) is 0 Å². The number of carbonyl (C=O) groups is 4. The van der Waals surface area contributed by atoms with Crippen molar-refractivity contribution in [1.82, 2.24) is 0 Å². The highest BCUT2D eigenvalue weighted by atomic mass is 16.6. The quantitative estimate of drug-likeness (QED) is 0.577. The topological polar surface area (TPSA) is 127 Å². The van der Waals surface area contributed by atoms with Crippen molar-refractivity contribution in [3.63, 3.8) is 0 Å². The maximum absolute atomic E-state index is 12.0. The fraction of sp³-hybridized carbons (Fsp3) is 0.200. The van der Waals surface area contributed by atoms with Gasteiger partial charge in [0.05, 0.1) is 11.1 Å². The van der Waals surface area contributed by atoms with Crippen molar-refractivity contribution < 1.29 is 38.9 Å². The molecule has 2 aromatic rings.